The Morgan fingerprint density at radius 1 is 1.08 bits per heavy atom. The number of ether oxygens (including phenoxy) is 1. The fourth-order valence-corrected chi connectivity index (χ4v) is 2.99. The number of carboxylic acid groups (broad SMARTS) is 1. The van der Waals surface area contributed by atoms with Crippen LogP contribution in [0, 0.1) is 5.92 Å². The summed E-state index contributed by atoms with van der Waals surface area (Å²) >= 11 is 0. The summed E-state index contributed by atoms with van der Waals surface area (Å²) < 4.78 is 5.41. The highest BCUT2D eigenvalue weighted by Gasteiger charge is 2.26. The van der Waals surface area contributed by atoms with Crippen molar-refractivity contribution in [2.45, 2.75) is 26.3 Å². The Kier molecular flexibility index (Phi) is 4.25. The lowest BCUT2D eigenvalue weighted by atomic mass is 10.1. The number of fused-ring (bicyclic) bond motifs is 3. The fraction of sp³-hybridized carbons (Fsp3) is 0.263. The average molecular weight is 325 g/mol. The number of carboxylic acids is 1. The molecule has 24 heavy (non-hydrogen) atoms. The van der Waals surface area contributed by atoms with Crippen LogP contribution in [0.2, 0.25) is 0 Å². The predicted octanol–water partition coefficient (Wildman–Crippen LogP) is 3.46. The summed E-state index contributed by atoms with van der Waals surface area (Å²) in [7, 11) is 0. The van der Waals surface area contributed by atoms with E-state index >= 15 is 0 Å². The fourth-order valence-electron chi connectivity index (χ4n) is 2.99. The predicted molar refractivity (Wildman–Crippen MR) is 90.1 cm³/mol. The third-order valence-corrected chi connectivity index (χ3v) is 4.22. The lowest BCUT2D eigenvalue weighted by Crippen LogP contribution is -2.45. The molecular formula is C19H19NO4. The molecular weight excluding hydrogens is 306 g/mol. The average Bonchev–Trinajstić information content (AvgIpc) is 2.92. The topological polar surface area (TPSA) is 75.6 Å². The lowest BCUT2D eigenvalue weighted by molar-refractivity contribution is -0.140. The molecule has 2 aromatic rings. The normalized spacial score (nSPS) is 13.1. The van der Waals surface area contributed by atoms with Crippen molar-refractivity contribution in [1.29, 1.82) is 0 Å². The second-order valence-electron chi connectivity index (χ2n) is 6.21. The van der Waals surface area contributed by atoms with E-state index in [0.29, 0.717) is 12.2 Å². The first-order chi connectivity index (χ1) is 11.5. The van der Waals surface area contributed by atoms with Crippen LogP contribution in [-0.2, 0) is 11.2 Å². The van der Waals surface area contributed by atoms with E-state index in [1.807, 2.05) is 30.3 Å². The highest BCUT2D eigenvalue weighted by Crippen LogP contribution is 2.40. The van der Waals surface area contributed by atoms with Gasteiger partial charge in [-0.25, -0.2) is 9.59 Å². The van der Waals surface area contributed by atoms with Crippen molar-refractivity contribution >= 4 is 12.1 Å². The minimum absolute atomic E-state index is 0.235. The SMILES string of the molecule is CC(C)[C@H](NC(=O)Oc1cccc2c1Cc1ccccc1-2)C(=O)O. The molecule has 0 saturated heterocycles. The summed E-state index contributed by atoms with van der Waals surface area (Å²) in [5.41, 5.74) is 4.33. The highest BCUT2D eigenvalue weighted by molar-refractivity contribution is 5.83. The van der Waals surface area contributed by atoms with Crippen LogP contribution in [0.4, 0.5) is 4.79 Å². The van der Waals surface area contributed by atoms with E-state index in [1.165, 1.54) is 5.56 Å². The summed E-state index contributed by atoms with van der Waals surface area (Å²) in [5, 5.41) is 11.6. The molecule has 1 amide bonds. The van der Waals surface area contributed by atoms with Crippen LogP contribution in [0.1, 0.15) is 25.0 Å². The van der Waals surface area contributed by atoms with Crippen LogP contribution in [0.25, 0.3) is 11.1 Å². The number of benzene rings is 2. The van der Waals surface area contributed by atoms with Gasteiger partial charge in [-0.05, 0) is 28.7 Å². The minimum atomic E-state index is -1.08. The molecule has 2 aromatic carbocycles. The largest absolute Gasteiger partial charge is 0.480 e. The standard InChI is InChI=1S/C19H19NO4/c1-11(2)17(18(21)22)20-19(23)24-16-9-5-8-14-13-7-4-3-6-12(13)10-15(14)16/h3-9,11,17H,10H2,1-2H3,(H,20,23)(H,21,22)/t17-/m0/s1. The van der Waals surface area contributed by atoms with Crippen LogP contribution in [0.3, 0.4) is 0 Å². The highest BCUT2D eigenvalue weighted by atomic mass is 16.6. The first kappa shape index (κ1) is 16.1. The van der Waals surface area contributed by atoms with Crippen LogP contribution < -0.4 is 10.1 Å². The van der Waals surface area contributed by atoms with Crippen LogP contribution >= 0.6 is 0 Å². The molecule has 0 heterocycles. The van der Waals surface area contributed by atoms with Gasteiger partial charge in [0, 0.05) is 12.0 Å². The molecule has 5 nitrogen and oxygen atoms in total. The van der Waals surface area contributed by atoms with Gasteiger partial charge in [-0.2, -0.15) is 0 Å². The first-order valence-electron chi connectivity index (χ1n) is 7.88. The molecule has 124 valence electrons. The second kappa shape index (κ2) is 6.35. The van der Waals surface area contributed by atoms with E-state index in [9.17, 15) is 9.59 Å². The van der Waals surface area contributed by atoms with Gasteiger partial charge in [0.25, 0.3) is 0 Å². The van der Waals surface area contributed by atoms with E-state index in [4.69, 9.17) is 9.84 Å². The Bertz CT molecular complexity index is 798. The number of aliphatic carboxylic acids is 1. The molecule has 3 rings (SSSR count). The van der Waals surface area contributed by atoms with E-state index in [0.717, 1.165) is 16.7 Å². The molecule has 1 aliphatic carbocycles. The number of carbonyl (C=O) groups is 2. The van der Waals surface area contributed by atoms with Crippen LogP contribution in [0.15, 0.2) is 42.5 Å². The summed E-state index contributed by atoms with van der Waals surface area (Å²) in [4.78, 5) is 23.3. The van der Waals surface area contributed by atoms with Gasteiger partial charge in [-0.15, -0.1) is 0 Å². The van der Waals surface area contributed by atoms with E-state index in [-0.39, 0.29) is 5.92 Å². The second-order valence-corrected chi connectivity index (χ2v) is 6.21. The minimum Gasteiger partial charge on any atom is -0.480 e. The molecule has 0 radical (unpaired) electrons. The molecule has 0 fully saturated rings. The van der Waals surface area contributed by atoms with Crippen molar-refractivity contribution in [3.05, 3.63) is 53.6 Å². The Balaban J connectivity index is 1.80. The Morgan fingerprint density at radius 2 is 1.79 bits per heavy atom. The molecule has 0 saturated carbocycles. The van der Waals surface area contributed by atoms with Crippen LogP contribution in [0.5, 0.6) is 5.75 Å². The van der Waals surface area contributed by atoms with Gasteiger partial charge in [-0.3, -0.25) is 0 Å². The molecule has 0 aromatic heterocycles. The first-order valence-corrected chi connectivity index (χ1v) is 7.88. The smallest absolute Gasteiger partial charge is 0.413 e. The summed E-state index contributed by atoms with van der Waals surface area (Å²) in [6.45, 7) is 3.46. The Morgan fingerprint density at radius 3 is 2.50 bits per heavy atom. The van der Waals surface area contributed by atoms with Crippen molar-refractivity contribution in [3.63, 3.8) is 0 Å². The number of carbonyl (C=O) groups excluding carboxylic acids is 1. The zero-order valence-corrected chi connectivity index (χ0v) is 13.6. The van der Waals surface area contributed by atoms with E-state index in [1.54, 1.807) is 19.9 Å². The van der Waals surface area contributed by atoms with E-state index < -0.39 is 18.1 Å². The molecule has 0 bridgehead atoms. The molecule has 0 aliphatic heterocycles. The van der Waals surface area contributed by atoms with Crippen LogP contribution in [-0.4, -0.2) is 23.2 Å². The summed E-state index contributed by atoms with van der Waals surface area (Å²) in [6, 6.07) is 12.6. The lowest BCUT2D eigenvalue weighted by Gasteiger charge is -2.18. The summed E-state index contributed by atoms with van der Waals surface area (Å²) in [6.07, 6.45) is -0.0536. The quantitative estimate of drug-likeness (QED) is 0.770. The molecule has 1 atom stereocenters. The van der Waals surface area contributed by atoms with Gasteiger partial charge in [0.2, 0.25) is 0 Å². The van der Waals surface area contributed by atoms with Gasteiger partial charge in [-0.1, -0.05) is 50.2 Å². The van der Waals surface area contributed by atoms with Crippen molar-refractivity contribution in [2.24, 2.45) is 5.92 Å². The number of hydrogen-bond acceptors (Lipinski definition) is 3. The Labute approximate surface area is 140 Å². The molecule has 5 heteroatoms. The van der Waals surface area contributed by atoms with Gasteiger partial charge in [0.05, 0.1) is 0 Å². The van der Waals surface area contributed by atoms with Gasteiger partial charge >= 0.3 is 12.1 Å². The van der Waals surface area contributed by atoms with E-state index in [2.05, 4.69) is 11.4 Å². The molecule has 0 spiro atoms. The van der Waals surface area contributed by atoms with Crippen molar-refractivity contribution in [1.82, 2.24) is 5.32 Å². The van der Waals surface area contributed by atoms with Gasteiger partial charge in [0.15, 0.2) is 0 Å². The van der Waals surface area contributed by atoms with Crippen molar-refractivity contribution < 1.29 is 19.4 Å². The third kappa shape index (κ3) is 2.97. The number of amides is 1. The number of rotatable bonds is 4. The van der Waals surface area contributed by atoms with Gasteiger partial charge in [0.1, 0.15) is 11.8 Å². The Hall–Kier alpha value is -2.82. The zero-order chi connectivity index (χ0) is 17.3. The number of hydrogen-bond donors (Lipinski definition) is 2. The molecule has 2 N–H and O–H groups in total. The van der Waals surface area contributed by atoms with Crippen molar-refractivity contribution in [2.75, 3.05) is 0 Å². The monoisotopic (exact) mass is 325 g/mol. The van der Waals surface area contributed by atoms with Crippen molar-refractivity contribution in [3.8, 4) is 16.9 Å². The zero-order valence-electron chi connectivity index (χ0n) is 13.6. The molecule has 1 aliphatic rings. The number of nitrogens with one attached hydrogen (secondary N) is 1. The maximum atomic E-state index is 12.1. The maximum absolute atomic E-state index is 12.1. The molecule has 0 unspecified atom stereocenters. The van der Waals surface area contributed by atoms with Gasteiger partial charge < -0.3 is 15.2 Å². The summed E-state index contributed by atoms with van der Waals surface area (Å²) in [5.74, 6) is -0.845. The maximum Gasteiger partial charge on any atom is 0.413 e. The third-order valence-electron chi connectivity index (χ3n) is 4.22.